The number of halogens is 2. The maximum Gasteiger partial charge on any atom is 0.192 e. The van der Waals surface area contributed by atoms with E-state index in [-0.39, 0.29) is 6.10 Å². The van der Waals surface area contributed by atoms with Gasteiger partial charge in [-0.2, -0.15) is 0 Å². The van der Waals surface area contributed by atoms with Gasteiger partial charge in [0.2, 0.25) is 0 Å². The van der Waals surface area contributed by atoms with E-state index >= 15 is 0 Å². The van der Waals surface area contributed by atoms with Crippen LogP contribution in [-0.2, 0) is 12.3 Å². The first-order valence-corrected chi connectivity index (χ1v) is 12.9. The second-order valence-corrected chi connectivity index (χ2v) is 10.0. The molecule has 0 saturated carbocycles. The number of ether oxygens (including phenoxy) is 1. The minimum absolute atomic E-state index is 0.363. The van der Waals surface area contributed by atoms with Crippen LogP contribution < -0.4 is 4.74 Å². The van der Waals surface area contributed by atoms with Crippen molar-refractivity contribution >= 4 is 46.3 Å². The summed E-state index contributed by atoms with van der Waals surface area (Å²) in [6.45, 7) is 8.44. The van der Waals surface area contributed by atoms with Gasteiger partial charge in [0.1, 0.15) is 10.8 Å². The van der Waals surface area contributed by atoms with Crippen LogP contribution >= 0.6 is 46.3 Å². The molecule has 9 heteroatoms. The summed E-state index contributed by atoms with van der Waals surface area (Å²) in [5, 5.41) is 13.7. The lowest BCUT2D eigenvalue weighted by molar-refractivity contribution is 0.210. The van der Waals surface area contributed by atoms with Crippen LogP contribution in [0.2, 0.25) is 10.0 Å². The Morgan fingerprint density at radius 3 is 2.70 bits per heavy atom. The maximum absolute atomic E-state index is 6.26. The molecule has 1 atom stereocenters. The molecule has 5 nitrogen and oxygen atoms in total. The van der Waals surface area contributed by atoms with Gasteiger partial charge in [-0.05, 0) is 32.0 Å². The molecule has 0 aliphatic heterocycles. The van der Waals surface area contributed by atoms with Gasteiger partial charge in [0.05, 0.1) is 10.7 Å². The van der Waals surface area contributed by atoms with Gasteiger partial charge < -0.3 is 4.74 Å². The van der Waals surface area contributed by atoms with Gasteiger partial charge >= 0.3 is 0 Å². The van der Waals surface area contributed by atoms with E-state index in [4.69, 9.17) is 32.9 Å². The first kappa shape index (κ1) is 23.8. The molecular weight excluding hydrogens is 495 g/mol. The molecule has 33 heavy (non-hydrogen) atoms. The summed E-state index contributed by atoms with van der Waals surface area (Å²) in [6.07, 6.45) is 1.45. The minimum Gasteiger partial charge on any atom is -0.481 e. The third-order valence-corrected chi connectivity index (χ3v) is 7.29. The van der Waals surface area contributed by atoms with Crippen LogP contribution in [0.15, 0.2) is 65.7 Å². The molecule has 0 aliphatic carbocycles. The number of allylic oxidation sites excluding steroid dienone is 1. The van der Waals surface area contributed by atoms with Crippen molar-refractivity contribution in [3.05, 3.63) is 87.6 Å². The van der Waals surface area contributed by atoms with E-state index in [0.29, 0.717) is 33.9 Å². The molecule has 2 aromatic heterocycles. The zero-order valence-corrected chi connectivity index (χ0v) is 21.3. The molecule has 4 aromatic rings. The molecule has 1 unspecified atom stereocenters. The van der Waals surface area contributed by atoms with Crippen LogP contribution in [0.1, 0.15) is 30.1 Å². The largest absolute Gasteiger partial charge is 0.481 e. The van der Waals surface area contributed by atoms with E-state index in [2.05, 4.69) is 53.3 Å². The van der Waals surface area contributed by atoms with Crippen molar-refractivity contribution in [1.82, 2.24) is 19.7 Å². The number of rotatable bonds is 9. The molecule has 2 heterocycles. The number of benzene rings is 2. The zero-order chi connectivity index (χ0) is 23.4. The van der Waals surface area contributed by atoms with Crippen LogP contribution in [0.25, 0.3) is 10.6 Å². The standard InChI is InChI=1S/C24H22Cl2N4OS2/c1-4-11-30-22(16(3)31-21-10-9-18(25)12-20(21)26)28-29-24(30)33-14-19-13-32-23(27-19)17-7-5-15(2)6-8-17/h4-10,12-13,16H,1,11,14H2,2-3H3. The summed E-state index contributed by atoms with van der Waals surface area (Å²) in [4.78, 5) is 4.79. The monoisotopic (exact) mass is 516 g/mol. The van der Waals surface area contributed by atoms with E-state index in [1.807, 2.05) is 17.6 Å². The molecule has 0 fully saturated rings. The Morgan fingerprint density at radius 2 is 1.97 bits per heavy atom. The summed E-state index contributed by atoms with van der Waals surface area (Å²) in [6, 6.07) is 13.6. The lowest BCUT2D eigenvalue weighted by Gasteiger charge is -2.16. The highest BCUT2D eigenvalue weighted by Crippen LogP contribution is 2.33. The number of nitrogens with zero attached hydrogens (tertiary/aromatic N) is 4. The average Bonchev–Trinajstić information content (AvgIpc) is 3.42. The van der Waals surface area contributed by atoms with Gasteiger partial charge in [0, 0.05) is 28.3 Å². The highest BCUT2D eigenvalue weighted by atomic mass is 35.5. The number of hydrogen-bond acceptors (Lipinski definition) is 6. The third-order valence-electron chi connectivity index (χ3n) is 4.82. The van der Waals surface area contributed by atoms with Crippen molar-refractivity contribution in [2.75, 3.05) is 0 Å². The smallest absolute Gasteiger partial charge is 0.192 e. The molecule has 0 spiro atoms. The topological polar surface area (TPSA) is 52.8 Å². The third kappa shape index (κ3) is 5.79. The quantitative estimate of drug-likeness (QED) is 0.169. The van der Waals surface area contributed by atoms with Crippen molar-refractivity contribution in [3.8, 4) is 16.3 Å². The number of aryl methyl sites for hydroxylation is 1. The SMILES string of the molecule is C=CCn1c(SCc2csc(-c3ccc(C)cc3)n2)nnc1C(C)Oc1ccc(Cl)cc1Cl. The molecule has 0 amide bonds. The molecule has 2 aromatic carbocycles. The van der Waals surface area contributed by atoms with Crippen molar-refractivity contribution in [1.29, 1.82) is 0 Å². The summed E-state index contributed by atoms with van der Waals surface area (Å²) in [5.74, 6) is 1.93. The van der Waals surface area contributed by atoms with Gasteiger partial charge in [0.15, 0.2) is 17.1 Å². The number of aromatic nitrogens is 4. The molecule has 0 aliphatic rings. The predicted octanol–water partition coefficient (Wildman–Crippen LogP) is 7.64. The van der Waals surface area contributed by atoms with Crippen LogP contribution in [0.3, 0.4) is 0 Å². The van der Waals surface area contributed by atoms with Crippen LogP contribution in [-0.4, -0.2) is 19.7 Å². The molecule has 0 N–H and O–H groups in total. The molecular formula is C24H22Cl2N4OS2. The predicted molar refractivity (Wildman–Crippen MR) is 138 cm³/mol. The van der Waals surface area contributed by atoms with E-state index < -0.39 is 0 Å². The van der Waals surface area contributed by atoms with E-state index in [0.717, 1.165) is 21.4 Å². The Labute approximate surface area is 211 Å². The zero-order valence-electron chi connectivity index (χ0n) is 18.2. The summed E-state index contributed by atoms with van der Waals surface area (Å²) in [5.41, 5.74) is 3.37. The Balaban J connectivity index is 1.47. The lowest BCUT2D eigenvalue weighted by Crippen LogP contribution is -2.12. The molecule has 170 valence electrons. The van der Waals surface area contributed by atoms with E-state index in [1.54, 1.807) is 41.3 Å². The highest BCUT2D eigenvalue weighted by Gasteiger charge is 2.20. The fourth-order valence-corrected chi connectivity index (χ4v) is 5.39. The second-order valence-electron chi connectivity index (χ2n) is 7.37. The summed E-state index contributed by atoms with van der Waals surface area (Å²) >= 11 is 15.5. The number of thioether (sulfide) groups is 1. The van der Waals surface area contributed by atoms with Crippen molar-refractivity contribution in [2.45, 2.75) is 37.4 Å². The van der Waals surface area contributed by atoms with E-state index in [9.17, 15) is 0 Å². The Kier molecular flexibility index (Phi) is 7.75. The maximum atomic E-state index is 6.26. The van der Waals surface area contributed by atoms with Crippen molar-refractivity contribution in [2.24, 2.45) is 0 Å². The van der Waals surface area contributed by atoms with Gasteiger partial charge in [-0.3, -0.25) is 4.57 Å². The van der Waals surface area contributed by atoms with Crippen LogP contribution in [0, 0.1) is 6.92 Å². The highest BCUT2D eigenvalue weighted by molar-refractivity contribution is 7.98. The molecule has 0 bridgehead atoms. The number of hydrogen-bond donors (Lipinski definition) is 0. The van der Waals surface area contributed by atoms with E-state index in [1.165, 1.54) is 5.56 Å². The fourth-order valence-electron chi connectivity index (χ4n) is 3.16. The van der Waals surface area contributed by atoms with Gasteiger partial charge in [-0.15, -0.1) is 28.1 Å². The minimum atomic E-state index is -0.363. The Bertz CT molecular complexity index is 1250. The lowest BCUT2D eigenvalue weighted by atomic mass is 10.2. The summed E-state index contributed by atoms with van der Waals surface area (Å²) < 4.78 is 8.04. The molecule has 4 rings (SSSR count). The second kappa shape index (κ2) is 10.7. The normalized spacial score (nSPS) is 12.0. The number of thiazole rings is 1. The van der Waals surface area contributed by atoms with Gasteiger partial charge in [0.25, 0.3) is 0 Å². The molecule has 0 radical (unpaired) electrons. The van der Waals surface area contributed by atoms with Gasteiger partial charge in [-0.1, -0.05) is 70.9 Å². The Morgan fingerprint density at radius 1 is 1.18 bits per heavy atom. The van der Waals surface area contributed by atoms with Crippen LogP contribution in [0.5, 0.6) is 5.75 Å². The molecule has 0 saturated heterocycles. The summed E-state index contributed by atoms with van der Waals surface area (Å²) in [7, 11) is 0. The first-order chi connectivity index (χ1) is 15.9. The van der Waals surface area contributed by atoms with Crippen molar-refractivity contribution in [3.63, 3.8) is 0 Å². The van der Waals surface area contributed by atoms with Gasteiger partial charge in [-0.25, -0.2) is 4.98 Å². The first-order valence-electron chi connectivity index (χ1n) is 10.2. The van der Waals surface area contributed by atoms with Crippen molar-refractivity contribution < 1.29 is 4.74 Å². The van der Waals surface area contributed by atoms with Crippen LogP contribution in [0.4, 0.5) is 0 Å². The average molecular weight is 518 g/mol. The fraction of sp³-hybridized carbons (Fsp3) is 0.208. The Hall–Kier alpha value is -2.32.